The molecule has 3 atom stereocenters. The smallest absolute Gasteiger partial charge is 0.339 e. The second kappa shape index (κ2) is 12.1. The van der Waals surface area contributed by atoms with Gasteiger partial charge in [0.05, 0.1) is 39.2 Å². The average Bonchev–Trinajstić information content (AvgIpc) is 3.29. The zero-order valence-corrected chi connectivity index (χ0v) is 26.2. The number of benzene rings is 3. The molecule has 2 fully saturated rings. The number of imide groups is 1. The number of ether oxygens (including phenoxy) is 1. The summed E-state index contributed by atoms with van der Waals surface area (Å²) in [4.78, 5) is 69.5. The van der Waals surface area contributed by atoms with Gasteiger partial charge < -0.3 is 4.74 Å². The number of anilines is 1. The molecule has 46 heavy (non-hydrogen) atoms. The molecule has 1 saturated carbocycles. The number of pyridine rings is 1. The van der Waals surface area contributed by atoms with Crippen LogP contribution >= 0.6 is 11.6 Å². The van der Waals surface area contributed by atoms with Crippen LogP contribution in [-0.4, -0.2) is 40.1 Å². The highest BCUT2D eigenvalue weighted by atomic mass is 35.5. The Hall–Kier alpha value is -4.96. The molecule has 4 aromatic rings. The molecule has 2 amide bonds. The molecule has 234 valence electrons. The van der Waals surface area contributed by atoms with E-state index < -0.39 is 23.3 Å². The number of aromatic nitrogens is 1. The highest BCUT2D eigenvalue weighted by Crippen LogP contribution is 2.42. The topological polar surface area (TPSA) is 137 Å². The first kappa shape index (κ1) is 31.0. The number of nitro benzene ring substituents is 1. The first-order valence-electron chi connectivity index (χ1n) is 15.0. The number of hydrogen-bond acceptors (Lipinski definition) is 8. The first-order chi connectivity index (χ1) is 21.9. The van der Waals surface area contributed by atoms with Gasteiger partial charge in [-0.25, -0.2) is 9.78 Å². The van der Waals surface area contributed by atoms with Crippen LogP contribution in [0.25, 0.3) is 22.2 Å². The van der Waals surface area contributed by atoms with E-state index in [2.05, 4.69) is 6.92 Å². The number of ketones is 1. The highest BCUT2D eigenvalue weighted by Gasteiger charge is 2.49. The van der Waals surface area contributed by atoms with Gasteiger partial charge in [-0.3, -0.25) is 29.4 Å². The van der Waals surface area contributed by atoms with Crippen molar-refractivity contribution in [1.82, 2.24) is 4.98 Å². The van der Waals surface area contributed by atoms with Crippen molar-refractivity contribution in [2.24, 2.45) is 17.8 Å². The van der Waals surface area contributed by atoms with Crippen LogP contribution in [-0.2, 0) is 14.3 Å². The largest absolute Gasteiger partial charge is 0.454 e. The molecule has 10 nitrogen and oxygen atoms in total. The maximum atomic E-state index is 13.4. The first-order valence-corrected chi connectivity index (χ1v) is 15.4. The summed E-state index contributed by atoms with van der Waals surface area (Å²) < 4.78 is 5.41. The maximum Gasteiger partial charge on any atom is 0.339 e. The van der Waals surface area contributed by atoms with Crippen molar-refractivity contribution in [2.45, 2.75) is 40.0 Å². The molecule has 2 aliphatic rings. The molecular formula is C35H30ClN3O7. The molecule has 0 bridgehead atoms. The molecular weight excluding hydrogens is 610 g/mol. The molecule has 0 spiro atoms. The molecule has 11 heteroatoms. The third-order valence-electron chi connectivity index (χ3n) is 9.06. The molecule has 3 unspecified atom stereocenters. The summed E-state index contributed by atoms with van der Waals surface area (Å²) in [6.45, 7) is 4.82. The highest BCUT2D eigenvalue weighted by molar-refractivity contribution is 6.32. The zero-order chi connectivity index (χ0) is 32.9. The lowest BCUT2D eigenvalue weighted by atomic mass is 9.76. The lowest BCUT2D eigenvalue weighted by Crippen LogP contribution is -2.30. The van der Waals surface area contributed by atoms with Gasteiger partial charge in [-0.15, -0.1) is 0 Å². The van der Waals surface area contributed by atoms with Crippen LogP contribution in [0.3, 0.4) is 0 Å². The number of rotatable bonds is 7. The summed E-state index contributed by atoms with van der Waals surface area (Å²) in [6.07, 6.45) is 2.35. The van der Waals surface area contributed by atoms with Crippen molar-refractivity contribution in [3.63, 3.8) is 0 Å². The monoisotopic (exact) mass is 639 g/mol. The lowest BCUT2D eigenvalue weighted by molar-refractivity contribution is -0.385. The van der Waals surface area contributed by atoms with Gasteiger partial charge in [0.25, 0.3) is 5.69 Å². The van der Waals surface area contributed by atoms with E-state index in [-0.39, 0.29) is 40.5 Å². The van der Waals surface area contributed by atoms with Crippen LogP contribution in [0.2, 0.25) is 5.02 Å². The van der Waals surface area contributed by atoms with Gasteiger partial charge in [-0.05, 0) is 68.9 Å². The summed E-state index contributed by atoms with van der Waals surface area (Å²) in [5, 5.41) is 12.2. The van der Waals surface area contributed by atoms with E-state index in [0.29, 0.717) is 62.8 Å². The summed E-state index contributed by atoms with van der Waals surface area (Å²) in [7, 11) is 0. The fourth-order valence-electron chi connectivity index (χ4n) is 6.42. The van der Waals surface area contributed by atoms with E-state index >= 15 is 0 Å². The Kier molecular flexibility index (Phi) is 8.16. The summed E-state index contributed by atoms with van der Waals surface area (Å²) in [5.74, 6) is -1.87. The normalized spacial score (nSPS) is 19.3. The van der Waals surface area contributed by atoms with Crippen LogP contribution in [0.15, 0.2) is 60.7 Å². The number of amides is 2. The Bertz CT molecular complexity index is 1960. The minimum absolute atomic E-state index is 0.0526. The number of esters is 1. The number of aryl methyl sites for hydroxylation is 2. The maximum absolute atomic E-state index is 13.4. The van der Waals surface area contributed by atoms with Crippen molar-refractivity contribution in [3.8, 4) is 11.3 Å². The van der Waals surface area contributed by atoms with Crippen LogP contribution in [0.1, 0.15) is 58.0 Å². The predicted molar refractivity (Wildman–Crippen MR) is 172 cm³/mol. The predicted octanol–water partition coefficient (Wildman–Crippen LogP) is 7.05. The van der Waals surface area contributed by atoms with Crippen molar-refractivity contribution in [2.75, 3.05) is 11.5 Å². The number of hydrogen-bond donors (Lipinski definition) is 0. The molecule has 1 aliphatic heterocycles. The van der Waals surface area contributed by atoms with Gasteiger partial charge in [-0.2, -0.15) is 0 Å². The fraction of sp³-hybridized carbons (Fsp3) is 0.286. The number of carbonyl (C=O) groups excluding carboxylic acids is 4. The SMILES string of the molecule is Cc1ccc(C(=O)COC(=O)c2cc(-c3ccc(N4C(=O)C5CCC(C)CC5C4=O)cc3)nc3c(C)c(Cl)ccc23)cc1[N+](=O)[O-]. The average molecular weight is 640 g/mol. The number of halogens is 1. The number of fused-ring (bicyclic) bond motifs is 2. The van der Waals surface area contributed by atoms with Gasteiger partial charge >= 0.3 is 5.97 Å². The van der Waals surface area contributed by atoms with Crippen LogP contribution < -0.4 is 4.90 Å². The molecule has 3 aromatic carbocycles. The summed E-state index contributed by atoms with van der Waals surface area (Å²) in [6, 6.07) is 15.8. The second-order valence-electron chi connectivity index (χ2n) is 12.1. The van der Waals surface area contributed by atoms with E-state index in [9.17, 15) is 29.3 Å². The van der Waals surface area contributed by atoms with E-state index in [4.69, 9.17) is 21.3 Å². The molecule has 0 radical (unpaired) electrons. The Morgan fingerprint density at radius 3 is 2.43 bits per heavy atom. The van der Waals surface area contributed by atoms with Crippen LogP contribution in [0, 0.1) is 41.7 Å². The molecule has 6 rings (SSSR count). The van der Waals surface area contributed by atoms with Crippen molar-refractivity contribution in [3.05, 3.63) is 98.1 Å². The van der Waals surface area contributed by atoms with Crippen LogP contribution in [0.4, 0.5) is 11.4 Å². The third kappa shape index (κ3) is 5.53. The summed E-state index contributed by atoms with van der Waals surface area (Å²) >= 11 is 6.40. The second-order valence-corrected chi connectivity index (χ2v) is 12.5. The van der Waals surface area contributed by atoms with Gasteiger partial charge in [0.15, 0.2) is 6.61 Å². The number of nitro groups is 1. The standard InChI is InChI=1S/C35H30ClN3O7/c1-18-4-11-25-26(14-18)34(42)38(33(25)41)23-9-7-21(8-10-23)29-16-27(24-12-13-28(36)20(3)32(24)37-29)35(43)46-17-31(40)22-6-5-19(2)30(15-22)39(44)45/h5-10,12-13,15-16,18,25-26H,4,11,14,17H2,1-3H3. The molecule has 1 saturated heterocycles. The van der Waals surface area contributed by atoms with Gasteiger partial charge in [0, 0.05) is 33.2 Å². The lowest BCUT2D eigenvalue weighted by Gasteiger charge is -2.25. The Morgan fingerprint density at radius 2 is 1.72 bits per heavy atom. The van der Waals surface area contributed by atoms with Gasteiger partial charge in [-0.1, -0.05) is 48.9 Å². The number of Topliss-reactive ketones (excluding diaryl/α,β-unsaturated/α-hetero) is 1. The van der Waals surface area contributed by atoms with E-state index in [1.165, 1.54) is 17.0 Å². The van der Waals surface area contributed by atoms with Crippen molar-refractivity contribution in [1.29, 1.82) is 0 Å². The number of nitrogens with zero attached hydrogens (tertiary/aromatic N) is 3. The minimum Gasteiger partial charge on any atom is -0.454 e. The van der Waals surface area contributed by atoms with Gasteiger partial charge in [0.1, 0.15) is 0 Å². The Labute approximate surface area is 269 Å². The fourth-order valence-corrected chi connectivity index (χ4v) is 6.57. The number of carbonyl (C=O) groups is 4. The zero-order valence-electron chi connectivity index (χ0n) is 25.4. The molecule has 0 N–H and O–H groups in total. The molecule has 2 heterocycles. The van der Waals surface area contributed by atoms with E-state index in [1.807, 2.05) is 0 Å². The van der Waals surface area contributed by atoms with Crippen LogP contribution in [0.5, 0.6) is 0 Å². The summed E-state index contributed by atoms with van der Waals surface area (Å²) in [5.41, 5.74) is 3.02. The minimum atomic E-state index is -0.785. The van der Waals surface area contributed by atoms with Gasteiger partial charge in [0.2, 0.25) is 17.6 Å². The Balaban J connectivity index is 1.29. The molecule has 1 aliphatic carbocycles. The molecule has 1 aromatic heterocycles. The van der Waals surface area contributed by atoms with E-state index in [1.54, 1.807) is 56.3 Å². The van der Waals surface area contributed by atoms with E-state index in [0.717, 1.165) is 12.5 Å². The van der Waals surface area contributed by atoms with Crippen molar-refractivity contribution < 1.29 is 28.8 Å². The third-order valence-corrected chi connectivity index (χ3v) is 9.47. The van der Waals surface area contributed by atoms with Crippen molar-refractivity contribution >= 4 is 57.4 Å². The quantitative estimate of drug-likeness (QED) is 0.0690. The Morgan fingerprint density at radius 1 is 1.00 bits per heavy atom.